The number of carbonyl (C=O) groups excluding carboxylic acids is 1. The zero-order valence-corrected chi connectivity index (χ0v) is 11.2. The molecule has 0 aliphatic carbocycles. The first-order chi connectivity index (χ1) is 8.63. The number of benzene rings is 1. The molecule has 0 N–H and O–H groups in total. The summed E-state index contributed by atoms with van der Waals surface area (Å²) in [6, 6.07) is 5.50. The second kappa shape index (κ2) is 5.22. The molecule has 0 fully saturated rings. The quantitative estimate of drug-likeness (QED) is 0.791. The minimum Gasteiger partial charge on any atom is -0.496 e. The van der Waals surface area contributed by atoms with Gasteiger partial charge in [-0.05, 0) is 30.8 Å². The van der Waals surface area contributed by atoms with E-state index < -0.39 is 0 Å². The van der Waals surface area contributed by atoms with Crippen LogP contribution in [0.25, 0.3) is 0 Å². The molecule has 0 unspecified atom stereocenters. The van der Waals surface area contributed by atoms with Crippen molar-refractivity contribution in [1.82, 2.24) is 14.8 Å². The van der Waals surface area contributed by atoms with E-state index in [0.29, 0.717) is 11.3 Å². The van der Waals surface area contributed by atoms with E-state index in [0.717, 1.165) is 10.1 Å². The molecule has 2 rings (SSSR count). The molecule has 0 aliphatic rings. The minimum atomic E-state index is -0.0304. The number of aryl methyl sites for hydroxylation is 1. The Balaban J connectivity index is 2.44. The molecule has 0 saturated carbocycles. The molecule has 0 spiro atoms. The maximum Gasteiger partial charge on any atom is 0.190 e. The Hall–Kier alpha value is -1.82. The molecule has 0 amide bonds. The number of ether oxygens (including phenoxy) is 1. The zero-order chi connectivity index (χ0) is 13.1. The van der Waals surface area contributed by atoms with Crippen LogP contribution in [-0.4, -0.2) is 27.7 Å². The molecule has 94 valence electrons. The van der Waals surface area contributed by atoms with Crippen LogP contribution in [0.2, 0.25) is 0 Å². The van der Waals surface area contributed by atoms with Crippen LogP contribution in [0, 0.1) is 0 Å². The van der Waals surface area contributed by atoms with Crippen molar-refractivity contribution in [2.45, 2.75) is 17.0 Å². The molecule has 2 aromatic rings. The summed E-state index contributed by atoms with van der Waals surface area (Å²) in [5.41, 5.74) is 0.577. The van der Waals surface area contributed by atoms with Gasteiger partial charge in [-0.2, -0.15) is 5.10 Å². The molecule has 0 atom stereocenters. The molecule has 0 aliphatic heterocycles. The number of hydrogen-bond acceptors (Lipinski definition) is 5. The van der Waals surface area contributed by atoms with Crippen molar-refractivity contribution in [3.63, 3.8) is 0 Å². The van der Waals surface area contributed by atoms with Gasteiger partial charge >= 0.3 is 0 Å². The summed E-state index contributed by atoms with van der Waals surface area (Å²) >= 11 is 1.39. The third-order valence-electron chi connectivity index (χ3n) is 2.43. The predicted molar refractivity (Wildman–Crippen MR) is 68.1 cm³/mol. The highest BCUT2D eigenvalue weighted by atomic mass is 32.2. The van der Waals surface area contributed by atoms with Crippen molar-refractivity contribution in [1.29, 1.82) is 0 Å². The van der Waals surface area contributed by atoms with Gasteiger partial charge < -0.3 is 4.74 Å². The monoisotopic (exact) mass is 263 g/mol. The van der Waals surface area contributed by atoms with Gasteiger partial charge in [0.05, 0.1) is 12.7 Å². The van der Waals surface area contributed by atoms with Gasteiger partial charge in [-0.25, -0.2) is 9.67 Å². The zero-order valence-electron chi connectivity index (χ0n) is 10.4. The van der Waals surface area contributed by atoms with Crippen LogP contribution in [-0.2, 0) is 7.05 Å². The largest absolute Gasteiger partial charge is 0.496 e. The Morgan fingerprint density at radius 1 is 1.44 bits per heavy atom. The van der Waals surface area contributed by atoms with E-state index in [1.54, 1.807) is 17.9 Å². The van der Waals surface area contributed by atoms with Crippen molar-refractivity contribution in [2.24, 2.45) is 7.05 Å². The summed E-state index contributed by atoms with van der Waals surface area (Å²) in [5.74, 6) is 0.548. The van der Waals surface area contributed by atoms with Crippen LogP contribution in [0.1, 0.15) is 17.3 Å². The standard InChI is InChI=1S/C12H13N3O2S/c1-8(16)11-9(17-3)5-4-6-10(11)18-12-13-7-14-15(12)2/h4-7H,1-3H3. The fourth-order valence-corrected chi connectivity index (χ4v) is 2.56. The molecule has 1 heterocycles. The number of rotatable bonds is 4. The minimum absolute atomic E-state index is 0.0304. The molecule has 1 aromatic carbocycles. The van der Waals surface area contributed by atoms with Crippen molar-refractivity contribution >= 4 is 17.5 Å². The highest BCUT2D eigenvalue weighted by Crippen LogP contribution is 2.33. The second-order valence-corrected chi connectivity index (χ2v) is 4.67. The first-order valence-corrected chi connectivity index (χ1v) is 6.15. The van der Waals surface area contributed by atoms with E-state index in [1.807, 2.05) is 19.2 Å². The van der Waals surface area contributed by atoms with Crippen LogP contribution in [0.5, 0.6) is 5.75 Å². The normalized spacial score (nSPS) is 10.4. The lowest BCUT2D eigenvalue weighted by Crippen LogP contribution is -2.01. The third-order valence-corrected chi connectivity index (χ3v) is 3.54. The van der Waals surface area contributed by atoms with Gasteiger partial charge in [0.25, 0.3) is 0 Å². The lowest BCUT2D eigenvalue weighted by Gasteiger charge is -2.10. The van der Waals surface area contributed by atoms with E-state index >= 15 is 0 Å². The molecular formula is C12H13N3O2S. The van der Waals surface area contributed by atoms with Crippen LogP contribution < -0.4 is 4.74 Å². The summed E-state index contributed by atoms with van der Waals surface area (Å²) < 4.78 is 6.88. The Kier molecular flexibility index (Phi) is 3.66. The summed E-state index contributed by atoms with van der Waals surface area (Å²) in [7, 11) is 3.36. The topological polar surface area (TPSA) is 57.0 Å². The number of methoxy groups -OCH3 is 1. The molecule has 5 nitrogen and oxygen atoms in total. The fourth-order valence-electron chi connectivity index (χ4n) is 1.59. The first kappa shape index (κ1) is 12.6. The molecule has 18 heavy (non-hydrogen) atoms. The van der Waals surface area contributed by atoms with E-state index in [4.69, 9.17) is 4.74 Å². The van der Waals surface area contributed by atoms with Gasteiger partial charge in [0.2, 0.25) is 0 Å². The lowest BCUT2D eigenvalue weighted by atomic mass is 10.1. The summed E-state index contributed by atoms with van der Waals surface area (Å²) in [6.45, 7) is 1.53. The molecule has 0 bridgehead atoms. The van der Waals surface area contributed by atoms with Crippen LogP contribution in [0.3, 0.4) is 0 Å². The molecule has 1 aromatic heterocycles. The number of nitrogens with zero attached hydrogens (tertiary/aromatic N) is 3. The van der Waals surface area contributed by atoms with Gasteiger partial charge in [-0.3, -0.25) is 4.79 Å². The Bertz CT molecular complexity index is 580. The summed E-state index contributed by atoms with van der Waals surface area (Å²) in [4.78, 5) is 16.7. The van der Waals surface area contributed by atoms with Gasteiger partial charge in [0.15, 0.2) is 10.9 Å². The summed E-state index contributed by atoms with van der Waals surface area (Å²) in [5, 5.41) is 4.73. The van der Waals surface area contributed by atoms with Crippen molar-refractivity contribution < 1.29 is 9.53 Å². The number of ketones is 1. The first-order valence-electron chi connectivity index (χ1n) is 5.33. The Morgan fingerprint density at radius 3 is 2.78 bits per heavy atom. The maximum atomic E-state index is 11.7. The Morgan fingerprint density at radius 2 is 2.22 bits per heavy atom. The smallest absolute Gasteiger partial charge is 0.190 e. The maximum absolute atomic E-state index is 11.7. The van der Waals surface area contributed by atoms with Gasteiger partial charge in [0, 0.05) is 11.9 Å². The third kappa shape index (κ3) is 2.38. The second-order valence-electron chi connectivity index (χ2n) is 3.66. The van der Waals surface area contributed by atoms with E-state index in [-0.39, 0.29) is 5.78 Å². The highest BCUT2D eigenvalue weighted by molar-refractivity contribution is 7.99. The molecule has 0 radical (unpaired) electrons. The Labute approximate surface area is 109 Å². The SMILES string of the molecule is COc1cccc(Sc2ncnn2C)c1C(C)=O. The summed E-state index contributed by atoms with van der Waals surface area (Å²) in [6.07, 6.45) is 1.48. The van der Waals surface area contributed by atoms with Crippen molar-refractivity contribution in [3.05, 3.63) is 30.1 Å². The van der Waals surface area contributed by atoms with Crippen LogP contribution in [0.4, 0.5) is 0 Å². The van der Waals surface area contributed by atoms with Crippen LogP contribution >= 0.6 is 11.8 Å². The van der Waals surface area contributed by atoms with Crippen LogP contribution in [0.15, 0.2) is 34.6 Å². The molecule has 6 heteroatoms. The van der Waals surface area contributed by atoms with E-state index in [9.17, 15) is 4.79 Å². The van der Waals surface area contributed by atoms with Gasteiger partial charge in [-0.15, -0.1) is 0 Å². The van der Waals surface area contributed by atoms with Crippen molar-refractivity contribution in [3.8, 4) is 5.75 Å². The number of Topliss-reactive ketones (excluding diaryl/α,β-unsaturated/α-hetero) is 1. The lowest BCUT2D eigenvalue weighted by molar-refractivity contribution is 0.101. The number of hydrogen-bond donors (Lipinski definition) is 0. The van der Waals surface area contributed by atoms with E-state index in [2.05, 4.69) is 10.1 Å². The number of carbonyl (C=O) groups is 1. The fraction of sp³-hybridized carbons (Fsp3) is 0.250. The average Bonchev–Trinajstić information content (AvgIpc) is 2.74. The van der Waals surface area contributed by atoms with Gasteiger partial charge in [-0.1, -0.05) is 6.07 Å². The van der Waals surface area contributed by atoms with Gasteiger partial charge in [0.1, 0.15) is 12.1 Å². The number of aromatic nitrogens is 3. The molecule has 0 saturated heterocycles. The van der Waals surface area contributed by atoms with Crippen molar-refractivity contribution in [2.75, 3.05) is 7.11 Å². The van der Waals surface area contributed by atoms with E-state index in [1.165, 1.54) is 25.0 Å². The predicted octanol–water partition coefficient (Wildman–Crippen LogP) is 2.18. The average molecular weight is 263 g/mol. The molecular weight excluding hydrogens is 250 g/mol. The highest BCUT2D eigenvalue weighted by Gasteiger charge is 2.16.